The Morgan fingerprint density at radius 3 is 2.46 bits per heavy atom. The lowest BCUT2D eigenvalue weighted by Crippen LogP contribution is -2.33. The number of hydrogen-bond acceptors (Lipinski definition) is 3. The van der Waals surface area contributed by atoms with Gasteiger partial charge in [-0.25, -0.2) is 8.42 Å². The highest BCUT2D eigenvalue weighted by atomic mass is 35.5. The van der Waals surface area contributed by atoms with Crippen molar-refractivity contribution in [2.45, 2.75) is 38.1 Å². The molecule has 0 aliphatic rings. The minimum Gasteiger partial charge on any atom is -0.322 e. The van der Waals surface area contributed by atoms with E-state index in [-0.39, 0.29) is 21.5 Å². The first kappa shape index (κ1) is 20.4. The number of para-hydroxylation sites is 1. The van der Waals surface area contributed by atoms with E-state index in [0.29, 0.717) is 5.69 Å². The first-order valence-corrected chi connectivity index (χ1v) is 10.2. The zero-order chi connectivity index (χ0) is 19.5. The van der Waals surface area contributed by atoms with Gasteiger partial charge in [-0.3, -0.25) is 4.79 Å². The van der Waals surface area contributed by atoms with Crippen molar-refractivity contribution in [2.24, 2.45) is 0 Å². The number of aryl methyl sites for hydroxylation is 1. The van der Waals surface area contributed by atoms with Gasteiger partial charge in [0.25, 0.3) is 5.91 Å². The molecular formula is C19H23ClN2O3S. The molecule has 0 bridgehead atoms. The van der Waals surface area contributed by atoms with Gasteiger partial charge in [0.15, 0.2) is 0 Å². The lowest BCUT2D eigenvalue weighted by Gasteiger charge is -2.21. The second kappa shape index (κ2) is 8.20. The number of carbonyl (C=O) groups excluding carboxylic acids is 1. The van der Waals surface area contributed by atoms with Crippen LogP contribution in [-0.4, -0.2) is 31.7 Å². The molecule has 0 radical (unpaired) electrons. The van der Waals surface area contributed by atoms with E-state index in [1.807, 2.05) is 25.1 Å². The summed E-state index contributed by atoms with van der Waals surface area (Å²) in [7, 11) is -2.20. The summed E-state index contributed by atoms with van der Waals surface area (Å²) in [4.78, 5) is 12.7. The van der Waals surface area contributed by atoms with Crippen LogP contribution in [0.3, 0.4) is 0 Å². The Kier molecular flexibility index (Phi) is 6.44. The zero-order valence-electron chi connectivity index (χ0n) is 15.3. The third kappa shape index (κ3) is 4.26. The first-order valence-electron chi connectivity index (χ1n) is 8.35. The van der Waals surface area contributed by atoms with Crippen LogP contribution in [-0.2, 0) is 16.4 Å². The lowest BCUT2D eigenvalue weighted by molar-refractivity contribution is 0.102. The van der Waals surface area contributed by atoms with Gasteiger partial charge in [0.1, 0.15) is 0 Å². The average Bonchev–Trinajstić information content (AvgIpc) is 2.61. The molecule has 0 saturated heterocycles. The smallest absolute Gasteiger partial charge is 0.257 e. The molecule has 2 rings (SSSR count). The van der Waals surface area contributed by atoms with Crippen LogP contribution in [0.4, 0.5) is 5.69 Å². The van der Waals surface area contributed by atoms with E-state index in [1.165, 1.54) is 29.6 Å². The third-order valence-electron chi connectivity index (χ3n) is 4.23. The summed E-state index contributed by atoms with van der Waals surface area (Å²) in [6.45, 7) is 5.55. The number of rotatable bonds is 6. The van der Waals surface area contributed by atoms with E-state index in [4.69, 9.17) is 11.6 Å². The molecule has 5 nitrogen and oxygen atoms in total. The second-order valence-electron chi connectivity index (χ2n) is 6.22. The molecule has 7 heteroatoms. The van der Waals surface area contributed by atoms with E-state index in [2.05, 4.69) is 5.32 Å². The van der Waals surface area contributed by atoms with E-state index in [9.17, 15) is 13.2 Å². The number of carbonyl (C=O) groups is 1. The van der Waals surface area contributed by atoms with Crippen LogP contribution >= 0.6 is 11.6 Å². The van der Waals surface area contributed by atoms with Crippen LogP contribution < -0.4 is 5.32 Å². The summed E-state index contributed by atoms with van der Waals surface area (Å²) < 4.78 is 26.6. The van der Waals surface area contributed by atoms with E-state index < -0.39 is 15.9 Å². The number of amides is 1. The van der Waals surface area contributed by atoms with Crippen molar-refractivity contribution in [1.82, 2.24) is 4.31 Å². The topological polar surface area (TPSA) is 66.5 Å². The van der Waals surface area contributed by atoms with E-state index in [1.54, 1.807) is 19.9 Å². The molecule has 0 aliphatic heterocycles. The zero-order valence-corrected chi connectivity index (χ0v) is 16.9. The quantitative estimate of drug-likeness (QED) is 0.799. The maximum Gasteiger partial charge on any atom is 0.257 e. The highest BCUT2D eigenvalue weighted by Crippen LogP contribution is 2.25. The van der Waals surface area contributed by atoms with Gasteiger partial charge in [0.2, 0.25) is 10.0 Å². The molecule has 26 heavy (non-hydrogen) atoms. The largest absolute Gasteiger partial charge is 0.322 e. The van der Waals surface area contributed by atoms with E-state index >= 15 is 0 Å². The van der Waals surface area contributed by atoms with Gasteiger partial charge >= 0.3 is 0 Å². The Labute approximate surface area is 160 Å². The van der Waals surface area contributed by atoms with Crippen molar-refractivity contribution in [3.05, 3.63) is 58.6 Å². The number of nitrogens with one attached hydrogen (secondary N) is 1. The molecular weight excluding hydrogens is 372 g/mol. The van der Waals surface area contributed by atoms with Crippen LogP contribution in [0.2, 0.25) is 5.02 Å². The average molecular weight is 395 g/mol. The second-order valence-corrected chi connectivity index (χ2v) is 8.63. The highest BCUT2D eigenvalue weighted by Gasteiger charge is 2.25. The van der Waals surface area contributed by atoms with Gasteiger partial charge in [-0.1, -0.05) is 36.7 Å². The molecule has 0 fully saturated rings. The maximum atomic E-state index is 12.7. The minimum absolute atomic E-state index is 0.0343. The Morgan fingerprint density at radius 2 is 1.85 bits per heavy atom. The highest BCUT2D eigenvalue weighted by molar-refractivity contribution is 7.89. The van der Waals surface area contributed by atoms with Crippen LogP contribution in [0.1, 0.15) is 36.7 Å². The Morgan fingerprint density at radius 1 is 1.19 bits per heavy atom. The summed E-state index contributed by atoms with van der Waals surface area (Å²) in [6.07, 6.45) is 0.762. The molecule has 0 atom stereocenters. The molecule has 2 aromatic rings. The summed E-state index contributed by atoms with van der Waals surface area (Å²) >= 11 is 6.15. The summed E-state index contributed by atoms with van der Waals surface area (Å²) in [5, 5.41) is 3.01. The molecule has 2 aromatic carbocycles. The van der Waals surface area contributed by atoms with Gasteiger partial charge in [-0.15, -0.1) is 0 Å². The number of sulfonamides is 1. The fraction of sp³-hybridized carbons (Fsp3) is 0.316. The Hall–Kier alpha value is -1.89. The van der Waals surface area contributed by atoms with Crippen molar-refractivity contribution >= 4 is 33.2 Å². The number of halogens is 1. The van der Waals surface area contributed by atoms with Crippen molar-refractivity contribution in [3.63, 3.8) is 0 Å². The fourth-order valence-corrected chi connectivity index (χ4v) is 4.02. The number of nitrogens with zero attached hydrogens (tertiary/aromatic N) is 1. The van der Waals surface area contributed by atoms with Crippen LogP contribution in [0.15, 0.2) is 47.4 Å². The SMILES string of the molecule is CCc1ccccc1NC(=O)c1cc(S(=O)(=O)N(C)C(C)C)ccc1Cl. The molecule has 0 aromatic heterocycles. The predicted molar refractivity (Wildman–Crippen MR) is 105 cm³/mol. The summed E-state index contributed by atoms with van der Waals surface area (Å²) in [6, 6.07) is 11.4. The molecule has 0 spiro atoms. The van der Waals surface area contributed by atoms with Crippen molar-refractivity contribution in [3.8, 4) is 0 Å². The van der Waals surface area contributed by atoms with Crippen LogP contribution in [0, 0.1) is 0 Å². The number of benzene rings is 2. The van der Waals surface area contributed by atoms with Crippen LogP contribution in [0.5, 0.6) is 0 Å². The summed E-state index contributed by atoms with van der Waals surface area (Å²) in [5.74, 6) is -0.444. The Bertz CT molecular complexity index is 911. The summed E-state index contributed by atoms with van der Waals surface area (Å²) in [5.41, 5.74) is 1.79. The van der Waals surface area contributed by atoms with Crippen molar-refractivity contribution < 1.29 is 13.2 Å². The monoisotopic (exact) mass is 394 g/mol. The normalized spacial score (nSPS) is 11.8. The molecule has 0 aliphatic carbocycles. The lowest BCUT2D eigenvalue weighted by atomic mass is 10.1. The van der Waals surface area contributed by atoms with Crippen molar-refractivity contribution in [1.29, 1.82) is 0 Å². The van der Waals surface area contributed by atoms with Gasteiger partial charge in [0.05, 0.1) is 15.5 Å². The molecule has 0 unspecified atom stereocenters. The minimum atomic E-state index is -3.70. The number of hydrogen-bond donors (Lipinski definition) is 1. The van der Waals surface area contributed by atoms with E-state index in [0.717, 1.165) is 12.0 Å². The molecule has 0 saturated carbocycles. The maximum absolute atomic E-state index is 12.7. The predicted octanol–water partition coefficient (Wildman–Crippen LogP) is 4.18. The van der Waals surface area contributed by atoms with Gasteiger partial charge in [0, 0.05) is 18.8 Å². The van der Waals surface area contributed by atoms with Gasteiger partial charge < -0.3 is 5.32 Å². The number of anilines is 1. The molecule has 140 valence electrons. The Balaban J connectivity index is 2.40. The first-order chi connectivity index (χ1) is 12.2. The van der Waals surface area contributed by atoms with Gasteiger partial charge in [-0.05, 0) is 50.1 Å². The fourth-order valence-electron chi connectivity index (χ4n) is 2.42. The van der Waals surface area contributed by atoms with Crippen molar-refractivity contribution in [2.75, 3.05) is 12.4 Å². The van der Waals surface area contributed by atoms with Gasteiger partial charge in [-0.2, -0.15) is 4.31 Å². The standard InChI is InChI=1S/C19H23ClN2O3S/c1-5-14-8-6-7-9-18(14)21-19(23)16-12-15(10-11-17(16)20)26(24,25)22(4)13(2)3/h6-13H,5H2,1-4H3,(H,21,23). The van der Waals surface area contributed by atoms with Crippen LogP contribution in [0.25, 0.3) is 0 Å². The molecule has 1 N–H and O–H groups in total. The molecule has 0 heterocycles. The molecule has 1 amide bonds. The third-order valence-corrected chi connectivity index (χ3v) is 6.59.